The highest BCUT2D eigenvalue weighted by molar-refractivity contribution is 9.10. The summed E-state index contributed by atoms with van der Waals surface area (Å²) in [5.74, 6) is 0. The van der Waals surface area contributed by atoms with E-state index in [4.69, 9.17) is 16.7 Å². The first-order chi connectivity index (χ1) is 7.72. The Morgan fingerprint density at radius 3 is 2.62 bits per heavy atom. The highest BCUT2D eigenvalue weighted by atomic mass is 79.9. The second-order valence-corrected chi connectivity index (χ2v) is 4.60. The van der Waals surface area contributed by atoms with Gasteiger partial charge >= 0.3 is 0 Å². The average Bonchev–Trinajstić information content (AvgIpc) is 2.63. The maximum Gasteiger partial charge on any atom is 0.136 e. The Morgan fingerprint density at radius 1 is 1.31 bits per heavy atom. The van der Waals surface area contributed by atoms with E-state index in [1.807, 2.05) is 24.3 Å². The van der Waals surface area contributed by atoms with Gasteiger partial charge in [-0.05, 0) is 24.3 Å². The van der Waals surface area contributed by atoms with Crippen molar-refractivity contribution in [1.82, 2.24) is 9.78 Å². The van der Waals surface area contributed by atoms with Crippen molar-refractivity contribution in [2.24, 2.45) is 0 Å². The van der Waals surface area contributed by atoms with Crippen molar-refractivity contribution < 1.29 is 5.11 Å². The number of aromatic nitrogens is 2. The average molecular weight is 302 g/mol. The predicted octanol–water partition coefficient (Wildman–Crippen LogP) is 2.82. The van der Waals surface area contributed by atoms with Gasteiger partial charge in [-0.2, -0.15) is 5.10 Å². The lowest BCUT2D eigenvalue weighted by Crippen LogP contribution is -1.96. The molecule has 5 heteroatoms. The molecule has 1 N–H and O–H groups in total. The molecule has 2 aromatic rings. The molecule has 0 saturated carbocycles. The van der Waals surface area contributed by atoms with Crippen LogP contribution in [0.4, 0.5) is 0 Å². The maximum atomic E-state index is 8.86. The summed E-state index contributed by atoms with van der Waals surface area (Å²) in [6.45, 7) is 0.0751. The minimum absolute atomic E-state index is 0.0751. The number of rotatable bonds is 3. The first-order valence-corrected chi connectivity index (χ1v) is 5.98. The van der Waals surface area contributed by atoms with Gasteiger partial charge in [-0.1, -0.05) is 27.5 Å². The van der Waals surface area contributed by atoms with Crippen LogP contribution >= 0.6 is 27.5 Å². The standard InChI is InChI=1S/C11H10BrClN2O/c12-9-1-3-10(4-2-9)15-11(13)8(5-6-16)7-14-15/h1-4,7,16H,5-6H2. The molecule has 0 aliphatic rings. The summed E-state index contributed by atoms with van der Waals surface area (Å²) >= 11 is 9.53. The third kappa shape index (κ3) is 2.29. The molecule has 0 aliphatic heterocycles. The number of hydrogen-bond acceptors (Lipinski definition) is 2. The van der Waals surface area contributed by atoms with Crippen LogP contribution in [0.2, 0.25) is 5.15 Å². The molecule has 84 valence electrons. The van der Waals surface area contributed by atoms with E-state index in [1.165, 1.54) is 0 Å². The van der Waals surface area contributed by atoms with E-state index in [0.29, 0.717) is 11.6 Å². The molecule has 16 heavy (non-hydrogen) atoms. The van der Waals surface area contributed by atoms with Crippen LogP contribution in [-0.2, 0) is 6.42 Å². The summed E-state index contributed by atoms with van der Waals surface area (Å²) in [6.07, 6.45) is 2.20. The Labute approximate surface area is 107 Å². The summed E-state index contributed by atoms with van der Waals surface area (Å²) in [4.78, 5) is 0. The second kappa shape index (κ2) is 4.99. The largest absolute Gasteiger partial charge is 0.396 e. The molecule has 0 amide bonds. The lowest BCUT2D eigenvalue weighted by molar-refractivity contribution is 0.299. The number of nitrogens with zero attached hydrogens (tertiary/aromatic N) is 2. The summed E-state index contributed by atoms with van der Waals surface area (Å²) in [7, 11) is 0. The van der Waals surface area contributed by atoms with Crippen LogP contribution < -0.4 is 0 Å². The summed E-state index contributed by atoms with van der Waals surface area (Å²) in [6, 6.07) is 7.70. The van der Waals surface area contributed by atoms with Crippen molar-refractivity contribution >= 4 is 27.5 Å². The number of benzene rings is 1. The summed E-state index contributed by atoms with van der Waals surface area (Å²) in [5, 5.41) is 13.6. The van der Waals surface area contributed by atoms with Gasteiger partial charge < -0.3 is 5.11 Å². The molecule has 0 radical (unpaired) electrons. The van der Waals surface area contributed by atoms with Crippen molar-refractivity contribution in [2.75, 3.05) is 6.61 Å². The predicted molar refractivity (Wildman–Crippen MR) is 67.1 cm³/mol. The second-order valence-electron chi connectivity index (χ2n) is 3.32. The van der Waals surface area contributed by atoms with Crippen molar-refractivity contribution in [3.8, 4) is 5.69 Å². The third-order valence-electron chi connectivity index (χ3n) is 2.23. The molecule has 2 rings (SSSR count). The molecule has 1 aromatic carbocycles. The minimum Gasteiger partial charge on any atom is -0.396 e. The molecule has 0 bridgehead atoms. The molecule has 0 saturated heterocycles. The molecule has 1 aromatic heterocycles. The fourth-order valence-electron chi connectivity index (χ4n) is 1.42. The van der Waals surface area contributed by atoms with Crippen LogP contribution in [0.3, 0.4) is 0 Å². The zero-order chi connectivity index (χ0) is 11.5. The molecule has 0 spiro atoms. The van der Waals surface area contributed by atoms with Gasteiger partial charge in [0, 0.05) is 23.1 Å². The van der Waals surface area contributed by atoms with Crippen LogP contribution in [0.5, 0.6) is 0 Å². The van der Waals surface area contributed by atoms with Gasteiger partial charge in [-0.3, -0.25) is 0 Å². The van der Waals surface area contributed by atoms with E-state index in [0.717, 1.165) is 15.7 Å². The SMILES string of the molecule is OCCc1cnn(-c2ccc(Br)cc2)c1Cl. The number of hydrogen-bond donors (Lipinski definition) is 1. The zero-order valence-corrected chi connectivity index (χ0v) is 10.7. The summed E-state index contributed by atoms with van der Waals surface area (Å²) < 4.78 is 2.66. The molecule has 0 aliphatic carbocycles. The first-order valence-electron chi connectivity index (χ1n) is 4.81. The number of aliphatic hydroxyl groups is 1. The van der Waals surface area contributed by atoms with Gasteiger partial charge in [-0.25, -0.2) is 4.68 Å². The Hall–Kier alpha value is -0.840. The number of halogens is 2. The molecule has 3 nitrogen and oxygen atoms in total. The van der Waals surface area contributed by atoms with E-state index < -0.39 is 0 Å². The maximum absolute atomic E-state index is 8.86. The van der Waals surface area contributed by atoms with Crippen LogP contribution in [0.25, 0.3) is 5.69 Å². The quantitative estimate of drug-likeness (QED) is 0.946. The lowest BCUT2D eigenvalue weighted by Gasteiger charge is -2.03. The van der Waals surface area contributed by atoms with E-state index in [9.17, 15) is 0 Å². The van der Waals surface area contributed by atoms with Crippen molar-refractivity contribution in [2.45, 2.75) is 6.42 Å². The van der Waals surface area contributed by atoms with Crippen LogP contribution in [0, 0.1) is 0 Å². The molecular formula is C11H10BrClN2O. The first kappa shape index (κ1) is 11.6. The highest BCUT2D eigenvalue weighted by Crippen LogP contribution is 2.21. The van der Waals surface area contributed by atoms with Gasteiger partial charge in [0.1, 0.15) is 5.15 Å². The van der Waals surface area contributed by atoms with Crippen LogP contribution in [0.15, 0.2) is 34.9 Å². The Morgan fingerprint density at radius 2 is 2.00 bits per heavy atom. The van der Waals surface area contributed by atoms with Crippen molar-refractivity contribution in [1.29, 1.82) is 0 Å². The van der Waals surface area contributed by atoms with E-state index in [1.54, 1.807) is 10.9 Å². The zero-order valence-electron chi connectivity index (χ0n) is 8.40. The molecule has 0 atom stereocenters. The normalized spacial score (nSPS) is 10.7. The third-order valence-corrected chi connectivity index (χ3v) is 3.16. The van der Waals surface area contributed by atoms with Gasteiger partial charge in [0.05, 0.1) is 11.9 Å². The van der Waals surface area contributed by atoms with Crippen LogP contribution in [-0.4, -0.2) is 21.5 Å². The fraction of sp³-hybridized carbons (Fsp3) is 0.182. The Kier molecular flexibility index (Phi) is 3.63. The monoisotopic (exact) mass is 300 g/mol. The minimum atomic E-state index is 0.0751. The molecule has 0 fully saturated rings. The lowest BCUT2D eigenvalue weighted by atomic mass is 10.3. The topological polar surface area (TPSA) is 38.1 Å². The molecule has 1 heterocycles. The molecular weight excluding hydrogens is 291 g/mol. The van der Waals surface area contributed by atoms with Crippen molar-refractivity contribution in [3.05, 3.63) is 45.7 Å². The van der Waals surface area contributed by atoms with Crippen LogP contribution in [0.1, 0.15) is 5.56 Å². The van der Waals surface area contributed by atoms with Gasteiger partial charge in [-0.15, -0.1) is 0 Å². The van der Waals surface area contributed by atoms with E-state index >= 15 is 0 Å². The molecule has 0 unspecified atom stereocenters. The fourth-order valence-corrected chi connectivity index (χ4v) is 1.97. The van der Waals surface area contributed by atoms with Gasteiger partial charge in [0.25, 0.3) is 0 Å². The van der Waals surface area contributed by atoms with Gasteiger partial charge in [0.2, 0.25) is 0 Å². The summed E-state index contributed by atoms with van der Waals surface area (Å²) in [5.41, 5.74) is 1.75. The smallest absolute Gasteiger partial charge is 0.136 e. The van der Waals surface area contributed by atoms with E-state index in [-0.39, 0.29) is 6.61 Å². The van der Waals surface area contributed by atoms with Crippen molar-refractivity contribution in [3.63, 3.8) is 0 Å². The van der Waals surface area contributed by atoms with E-state index in [2.05, 4.69) is 21.0 Å². The Bertz CT molecular complexity index is 481. The Balaban J connectivity index is 2.37. The number of aliphatic hydroxyl groups excluding tert-OH is 1. The highest BCUT2D eigenvalue weighted by Gasteiger charge is 2.09. The van der Waals surface area contributed by atoms with Gasteiger partial charge in [0.15, 0.2) is 0 Å².